The molecule has 1 aliphatic rings. The van der Waals surface area contributed by atoms with Crippen LogP contribution in [0.15, 0.2) is 83.8 Å². The highest BCUT2D eigenvalue weighted by Crippen LogP contribution is 2.19. The third kappa shape index (κ3) is 7.63. The van der Waals surface area contributed by atoms with Crippen LogP contribution < -0.4 is 10.0 Å². The number of rotatable bonds is 10. The van der Waals surface area contributed by atoms with Crippen LogP contribution >= 0.6 is 0 Å². The molecule has 9 heteroatoms. The zero-order valence-electron chi connectivity index (χ0n) is 22.5. The maximum absolute atomic E-state index is 14.2. The zero-order chi connectivity index (χ0) is 28.5. The Morgan fingerprint density at radius 2 is 1.77 bits per heavy atom. The van der Waals surface area contributed by atoms with Gasteiger partial charge in [0.25, 0.3) is 0 Å². The van der Waals surface area contributed by atoms with Crippen molar-refractivity contribution in [2.45, 2.75) is 43.5 Å². The number of sulfonamides is 1. The van der Waals surface area contributed by atoms with Crippen LogP contribution in [0.25, 0.3) is 0 Å². The van der Waals surface area contributed by atoms with E-state index in [1.807, 2.05) is 37.3 Å². The molecule has 1 aliphatic heterocycles. The summed E-state index contributed by atoms with van der Waals surface area (Å²) in [5, 5.41) is 12.6. The molecule has 0 spiro atoms. The lowest BCUT2D eigenvalue weighted by molar-refractivity contribution is -0.148. The molecule has 0 aliphatic carbocycles. The Hall–Kier alpha value is -3.84. The number of aryl methyl sites for hydroxylation is 1. The fourth-order valence-corrected chi connectivity index (χ4v) is 6.03. The van der Waals surface area contributed by atoms with Crippen molar-refractivity contribution >= 4 is 21.8 Å². The van der Waals surface area contributed by atoms with E-state index in [2.05, 4.69) is 16.1 Å². The summed E-state index contributed by atoms with van der Waals surface area (Å²) < 4.78 is 29.4. The average molecular weight is 559 g/mol. The lowest BCUT2D eigenvalue weighted by Crippen LogP contribution is -2.54. The molecule has 8 nitrogen and oxygen atoms in total. The lowest BCUT2D eigenvalue weighted by atomic mass is 9.96. The summed E-state index contributed by atoms with van der Waals surface area (Å²) in [5.41, 5.74) is 2.88. The van der Waals surface area contributed by atoms with Gasteiger partial charge in [-0.1, -0.05) is 60.2 Å². The van der Waals surface area contributed by atoms with Crippen molar-refractivity contribution in [1.29, 1.82) is 5.26 Å². The molecule has 2 amide bonds. The molecular formula is C31H34N4O4S. The predicted molar refractivity (Wildman–Crippen MR) is 153 cm³/mol. The van der Waals surface area contributed by atoms with Crippen molar-refractivity contribution in [3.05, 3.63) is 101 Å². The van der Waals surface area contributed by atoms with Crippen molar-refractivity contribution < 1.29 is 18.0 Å². The van der Waals surface area contributed by atoms with Gasteiger partial charge in [-0.25, -0.2) is 8.42 Å². The first kappa shape index (κ1) is 29.2. The van der Waals surface area contributed by atoms with Gasteiger partial charge in [-0.05, 0) is 74.5 Å². The van der Waals surface area contributed by atoms with Gasteiger partial charge in [0.2, 0.25) is 21.8 Å². The van der Waals surface area contributed by atoms with Gasteiger partial charge in [-0.15, -0.1) is 0 Å². The maximum Gasteiger partial charge on any atom is 0.247 e. The van der Waals surface area contributed by atoms with E-state index >= 15 is 0 Å². The summed E-state index contributed by atoms with van der Waals surface area (Å²) >= 11 is 0. The SMILES string of the molecule is Cc1ccc(S(=O)(=O)N[C@@H](Cc2cccc(C#N)c2)C(=O)N(CCc2ccccc2)C(=O)C2CCCNC2)cc1. The number of carbonyl (C=O) groups is 2. The molecule has 3 aromatic rings. The Balaban J connectivity index is 1.67. The number of nitriles is 1. The highest BCUT2D eigenvalue weighted by Gasteiger charge is 2.35. The van der Waals surface area contributed by atoms with Crippen molar-refractivity contribution in [3.63, 3.8) is 0 Å². The Labute approximate surface area is 236 Å². The fraction of sp³-hybridized carbons (Fsp3) is 0.323. The highest BCUT2D eigenvalue weighted by atomic mass is 32.2. The second kappa shape index (κ2) is 13.5. The van der Waals surface area contributed by atoms with Gasteiger partial charge < -0.3 is 5.32 Å². The minimum absolute atomic E-state index is 0.0164. The molecular weight excluding hydrogens is 524 g/mol. The minimum atomic E-state index is -4.09. The molecule has 40 heavy (non-hydrogen) atoms. The van der Waals surface area contributed by atoms with Crippen LogP contribution in [-0.4, -0.2) is 50.8 Å². The second-order valence-electron chi connectivity index (χ2n) is 10.1. The topological polar surface area (TPSA) is 119 Å². The first-order valence-corrected chi connectivity index (χ1v) is 14.9. The van der Waals surface area contributed by atoms with Crippen LogP contribution in [0, 0.1) is 24.2 Å². The van der Waals surface area contributed by atoms with Gasteiger partial charge in [0, 0.05) is 13.1 Å². The standard InChI is InChI=1S/C31H34N4O4S/c1-23-12-14-28(15-13-23)40(38,39)34-29(20-25-9-5-10-26(19-25)21-32)31(37)35(18-16-24-7-3-2-4-8-24)30(36)27-11-6-17-33-22-27/h2-5,7-10,12-15,19,27,29,33-34H,6,11,16-18,20,22H2,1H3/t27?,29-/m0/s1. The third-order valence-corrected chi connectivity index (χ3v) is 8.56. The zero-order valence-corrected chi connectivity index (χ0v) is 23.4. The smallest absolute Gasteiger partial charge is 0.247 e. The minimum Gasteiger partial charge on any atom is -0.316 e. The van der Waals surface area contributed by atoms with E-state index in [4.69, 9.17) is 0 Å². The Bertz CT molecular complexity index is 1460. The third-order valence-electron chi connectivity index (χ3n) is 7.07. The fourth-order valence-electron chi connectivity index (χ4n) is 4.84. The van der Waals surface area contributed by atoms with Gasteiger partial charge in [0.05, 0.1) is 22.4 Å². The first-order valence-electron chi connectivity index (χ1n) is 13.4. The van der Waals surface area contributed by atoms with E-state index in [0.29, 0.717) is 30.5 Å². The Morgan fingerprint density at radius 3 is 2.45 bits per heavy atom. The number of benzene rings is 3. The summed E-state index contributed by atoms with van der Waals surface area (Å²) in [4.78, 5) is 29.2. The van der Waals surface area contributed by atoms with Gasteiger partial charge in [0.15, 0.2) is 0 Å². The normalized spacial score (nSPS) is 16.1. The van der Waals surface area contributed by atoms with Crippen LogP contribution in [0.5, 0.6) is 0 Å². The van der Waals surface area contributed by atoms with Crippen LogP contribution in [-0.2, 0) is 32.5 Å². The number of hydrogen-bond donors (Lipinski definition) is 2. The van der Waals surface area contributed by atoms with Gasteiger partial charge in [-0.2, -0.15) is 9.98 Å². The monoisotopic (exact) mass is 558 g/mol. The molecule has 1 fully saturated rings. The number of piperidine rings is 1. The van der Waals surface area contributed by atoms with Crippen LogP contribution in [0.3, 0.4) is 0 Å². The van der Waals surface area contributed by atoms with Gasteiger partial charge >= 0.3 is 0 Å². The van der Waals surface area contributed by atoms with Crippen molar-refractivity contribution in [2.75, 3.05) is 19.6 Å². The summed E-state index contributed by atoms with van der Waals surface area (Å²) in [5.74, 6) is -1.28. The Kier molecular flexibility index (Phi) is 9.83. The van der Waals surface area contributed by atoms with E-state index < -0.39 is 22.0 Å². The maximum atomic E-state index is 14.2. The van der Waals surface area contributed by atoms with E-state index in [1.165, 1.54) is 17.0 Å². The van der Waals surface area contributed by atoms with Gasteiger partial charge in [0.1, 0.15) is 6.04 Å². The molecule has 1 unspecified atom stereocenters. The van der Waals surface area contributed by atoms with E-state index in [9.17, 15) is 23.3 Å². The van der Waals surface area contributed by atoms with E-state index in [1.54, 1.807) is 36.4 Å². The molecule has 3 aromatic carbocycles. The van der Waals surface area contributed by atoms with E-state index in [0.717, 1.165) is 24.1 Å². The largest absolute Gasteiger partial charge is 0.316 e. The van der Waals surface area contributed by atoms with Gasteiger partial charge in [-0.3, -0.25) is 14.5 Å². The number of carbonyl (C=O) groups excluding carboxylic acids is 2. The molecule has 0 aromatic heterocycles. The van der Waals surface area contributed by atoms with Crippen LogP contribution in [0.2, 0.25) is 0 Å². The number of imide groups is 1. The summed E-state index contributed by atoms with van der Waals surface area (Å²) in [6.45, 7) is 3.27. The predicted octanol–water partition coefficient (Wildman–Crippen LogP) is 3.35. The number of nitrogens with one attached hydrogen (secondary N) is 2. The van der Waals surface area contributed by atoms with Crippen molar-refractivity contribution in [1.82, 2.24) is 14.9 Å². The van der Waals surface area contributed by atoms with Crippen LogP contribution in [0.4, 0.5) is 0 Å². The molecule has 208 valence electrons. The Morgan fingerprint density at radius 1 is 1.05 bits per heavy atom. The van der Waals surface area contributed by atoms with Crippen molar-refractivity contribution in [3.8, 4) is 6.07 Å². The number of nitrogens with zero attached hydrogens (tertiary/aromatic N) is 2. The molecule has 2 atom stereocenters. The van der Waals surface area contributed by atoms with Crippen molar-refractivity contribution in [2.24, 2.45) is 5.92 Å². The molecule has 1 heterocycles. The first-order chi connectivity index (χ1) is 19.3. The number of hydrogen-bond acceptors (Lipinski definition) is 6. The van der Waals surface area contributed by atoms with E-state index in [-0.39, 0.29) is 29.7 Å². The quantitative estimate of drug-likeness (QED) is 0.394. The molecule has 0 radical (unpaired) electrons. The summed E-state index contributed by atoms with van der Waals surface area (Å²) in [7, 11) is -4.09. The second-order valence-corrected chi connectivity index (χ2v) is 11.8. The average Bonchev–Trinajstić information content (AvgIpc) is 2.98. The molecule has 4 rings (SSSR count). The highest BCUT2D eigenvalue weighted by molar-refractivity contribution is 7.89. The lowest BCUT2D eigenvalue weighted by Gasteiger charge is -2.31. The van der Waals surface area contributed by atoms with Crippen LogP contribution in [0.1, 0.15) is 35.1 Å². The molecule has 1 saturated heterocycles. The summed E-state index contributed by atoms with van der Waals surface area (Å²) in [6.07, 6.45) is 1.91. The molecule has 2 N–H and O–H groups in total. The molecule has 0 bridgehead atoms. The molecule has 0 saturated carbocycles. The summed E-state index contributed by atoms with van der Waals surface area (Å²) in [6, 6.07) is 23.4. The number of amides is 2.